The number of thiazole rings is 1. The summed E-state index contributed by atoms with van der Waals surface area (Å²) in [7, 11) is 0. The van der Waals surface area contributed by atoms with Crippen LogP contribution in [0.25, 0.3) is 0 Å². The number of nitrogens with zero attached hydrogens (tertiary/aromatic N) is 1. The lowest BCUT2D eigenvalue weighted by Crippen LogP contribution is -2.23. The maximum absolute atomic E-state index is 6.41. The van der Waals surface area contributed by atoms with Crippen molar-refractivity contribution in [2.24, 2.45) is 0 Å². The number of thiophene rings is 1. The number of hydrogen-bond donors (Lipinski definition) is 1. The topological polar surface area (TPSA) is 24.9 Å². The van der Waals surface area contributed by atoms with Gasteiger partial charge in [0.1, 0.15) is 0 Å². The SMILES string of the molecule is CCCNC(Cc1csc(C)n1)c1scc(C)c1Cl. The van der Waals surface area contributed by atoms with Crippen LogP contribution in [-0.4, -0.2) is 11.5 Å². The zero-order valence-electron chi connectivity index (χ0n) is 11.5. The van der Waals surface area contributed by atoms with Gasteiger partial charge in [0, 0.05) is 22.7 Å². The summed E-state index contributed by atoms with van der Waals surface area (Å²) >= 11 is 9.85. The Labute approximate surface area is 127 Å². The second-order valence-corrected chi connectivity index (χ2v) is 7.02. The molecule has 2 rings (SSSR count). The van der Waals surface area contributed by atoms with Crippen LogP contribution in [0.4, 0.5) is 0 Å². The molecule has 2 nitrogen and oxygen atoms in total. The number of hydrogen-bond acceptors (Lipinski definition) is 4. The lowest BCUT2D eigenvalue weighted by atomic mass is 10.1. The van der Waals surface area contributed by atoms with Gasteiger partial charge in [0.2, 0.25) is 0 Å². The summed E-state index contributed by atoms with van der Waals surface area (Å²) in [6.45, 7) is 7.29. The fraction of sp³-hybridized carbons (Fsp3) is 0.500. The lowest BCUT2D eigenvalue weighted by Gasteiger charge is -2.17. The van der Waals surface area contributed by atoms with Gasteiger partial charge >= 0.3 is 0 Å². The second-order valence-electron chi connectivity index (χ2n) is 4.67. The van der Waals surface area contributed by atoms with Gasteiger partial charge < -0.3 is 5.32 Å². The molecule has 5 heteroatoms. The summed E-state index contributed by atoms with van der Waals surface area (Å²) in [4.78, 5) is 5.80. The van der Waals surface area contributed by atoms with Crippen LogP contribution in [0.2, 0.25) is 5.02 Å². The minimum absolute atomic E-state index is 0.271. The van der Waals surface area contributed by atoms with Crippen LogP contribution in [0.5, 0.6) is 0 Å². The molecular weight excluding hydrogens is 296 g/mol. The average Bonchev–Trinajstić information content (AvgIpc) is 2.93. The van der Waals surface area contributed by atoms with Crippen LogP contribution >= 0.6 is 34.3 Å². The number of nitrogens with one attached hydrogen (secondary N) is 1. The Morgan fingerprint density at radius 1 is 1.32 bits per heavy atom. The third-order valence-electron chi connectivity index (χ3n) is 2.96. The highest BCUT2D eigenvalue weighted by Gasteiger charge is 2.19. The third-order valence-corrected chi connectivity index (χ3v) is 5.61. The highest BCUT2D eigenvalue weighted by Crippen LogP contribution is 2.34. The zero-order valence-corrected chi connectivity index (χ0v) is 13.9. The molecule has 1 N–H and O–H groups in total. The van der Waals surface area contributed by atoms with Crippen molar-refractivity contribution in [3.63, 3.8) is 0 Å². The number of rotatable bonds is 6. The number of aromatic nitrogens is 1. The van der Waals surface area contributed by atoms with Crippen molar-refractivity contribution < 1.29 is 0 Å². The lowest BCUT2D eigenvalue weighted by molar-refractivity contribution is 0.532. The molecule has 0 aliphatic rings. The molecule has 2 aromatic rings. The van der Waals surface area contributed by atoms with Crippen molar-refractivity contribution >= 4 is 34.3 Å². The van der Waals surface area contributed by atoms with E-state index in [9.17, 15) is 0 Å². The molecule has 1 atom stereocenters. The highest BCUT2D eigenvalue weighted by atomic mass is 35.5. The summed E-state index contributed by atoms with van der Waals surface area (Å²) < 4.78 is 0. The van der Waals surface area contributed by atoms with Crippen molar-refractivity contribution in [2.45, 2.75) is 39.7 Å². The van der Waals surface area contributed by atoms with Crippen molar-refractivity contribution in [2.75, 3.05) is 6.54 Å². The van der Waals surface area contributed by atoms with Gasteiger partial charge in [-0.05, 0) is 37.8 Å². The van der Waals surface area contributed by atoms with E-state index in [1.807, 2.05) is 6.92 Å². The predicted octanol–water partition coefficient (Wildman–Crippen LogP) is 4.76. The van der Waals surface area contributed by atoms with Crippen LogP contribution in [0, 0.1) is 13.8 Å². The van der Waals surface area contributed by atoms with E-state index in [2.05, 4.69) is 34.9 Å². The monoisotopic (exact) mass is 314 g/mol. The first kappa shape index (κ1) is 15.0. The van der Waals surface area contributed by atoms with Gasteiger partial charge in [0.25, 0.3) is 0 Å². The highest BCUT2D eigenvalue weighted by molar-refractivity contribution is 7.11. The van der Waals surface area contributed by atoms with Crippen LogP contribution in [-0.2, 0) is 6.42 Å². The van der Waals surface area contributed by atoms with Crippen molar-refractivity contribution in [3.05, 3.63) is 36.9 Å². The Balaban J connectivity index is 2.18. The van der Waals surface area contributed by atoms with E-state index in [-0.39, 0.29) is 6.04 Å². The van der Waals surface area contributed by atoms with E-state index in [0.29, 0.717) is 0 Å². The van der Waals surface area contributed by atoms with E-state index in [1.165, 1.54) is 10.4 Å². The summed E-state index contributed by atoms with van der Waals surface area (Å²) in [5, 5.41) is 9.89. The van der Waals surface area contributed by atoms with Gasteiger partial charge in [0.05, 0.1) is 15.7 Å². The van der Waals surface area contributed by atoms with Crippen molar-refractivity contribution in [1.29, 1.82) is 0 Å². The molecule has 19 heavy (non-hydrogen) atoms. The van der Waals surface area contributed by atoms with Crippen LogP contribution in [0.15, 0.2) is 10.8 Å². The van der Waals surface area contributed by atoms with E-state index in [4.69, 9.17) is 11.6 Å². The molecule has 2 heterocycles. The van der Waals surface area contributed by atoms with Gasteiger partial charge in [-0.2, -0.15) is 0 Å². The Bertz CT molecular complexity index is 533. The largest absolute Gasteiger partial charge is 0.309 e. The standard InChI is InChI=1S/C14H19ClN2S2/c1-4-5-16-12(6-11-8-18-10(3)17-11)14-13(15)9(2)7-19-14/h7-8,12,16H,4-6H2,1-3H3. The minimum Gasteiger partial charge on any atom is -0.309 e. The molecule has 0 radical (unpaired) electrons. The second kappa shape index (κ2) is 6.84. The van der Waals surface area contributed by atoms with Crippen molar-refractivity contribution in [1.82, 2.24) is 10.3 Å². The molecule has 0 saturated carbocycles. The smallest absolute Gasteiger partial charge is 0.0897 e. The quantitative estimate of drug-likeness (QED) is 0.831. The first-order chi connectivity index (χ1) is 9.11. The summed E-state index contributed by atoms with van der Waals surface area (Å²) in [6.07, 6.45) is 2.03. The number of halogens is 1. The molecule has 0 saturated heterocycles. The molecule has 2 aromatic heterocycles. The Kier molecular flexibility index (Phi) is 5.39. The Morgan fingerprint density at radius 2 is 2.11 bits per heavy atom. The summed E-state index contributed by atoms with van der Waals surface area (Å²) in [5.41, 5.74) is 2.32. The van der Waals surface area contributed by atoms with E-state index in [1.54, 1.807) is 22.7 Å². The fourth-order valence-electron chi connectivity index (χ4n) is 1.97. The van der Waals surface area contributed by atoms with Crippen molar-refractivity contribution in [3.8, 4) is 0 Å². The Morgan fingerprint density at radius 3 is 2.63 bits per heavy atom. The van der Waals surface area contributed by atoms with Gasteiger partial charge in [0.15, 0.2) is 0 Å². The maximum Gasteiger partial charge on any atom is 0.0897 e. The van der Waals surface area contributed by atoms with E-state index in [0.717, 1.165) is 35.1 Å². The van der Waals surface area contributed by atoms with Crippen LogP contribution in [0.3, 0.4) is 0 Å². The normalized spacial score (nSPS) is 12.8. The molecule has 104 valence electrons. The summed E-state index contributed by atoms with van der Waals surface area (Å²) in [5.74, 6) is 0. The van der Waals surface area contributed by atoms with Gasteiger partial charge in [-0.25, -0.2) is 4.98 Å². The molecule has 0 bridgehead atoms. The van der Waals surface area contributed by atoms with Gasteiger partial charge in [-0.15, -0.1) is 22.7 Å². The average molecular weight is 315 g/mol. The zero-order chi connectivity index (χ0) is 13.8. The molecule has 0 aliphatic heterocycles. The predicted molar refractivity (Wildman–Crippen MR) is 85.7 cm³/mol. The first-order valence-electron chi connectivity index (χ1n) is 6.49. The van der Waals surface area contributed by atoms with E-state index >= 15 is 0 Å². The minimum atomic E-state index is 0.271. The fourth-order valence-corrected chi connectivity index (χ4v) is 4.00. The van der Waals surface area contributed by atoms with E-state index < -0.39 is 0 Å². The molecular formula is C14H19ClN2S2. The molecule has 0 amide bonds. The molecule has 0 aromatic carbocycles. The van der Waals surface area contributed by atoms with Crippen LogP contribution in [0.1, 0.15) is 40.5 Å². The van der Waals surface area contributed by atoms with Gasteiger partial charge in [-0.3, -0.25) is 0 Å². The summed E-state index contributed by atoms with van der Waals surface area (Å²) in [6, 6.07) is 0.271. The molecule has 0 spiro atoms. The first-order valence-corrected chi connectivity index (χ1v) is 8.63. The maximum atomic E-state index is 6.41. The Hall–Kier alpha value is -0.420. The third kappa shape index (κ3) is 3.78. The van der Waals surface area contributed by atoms with Gasteiger partial charge in [-0.1, -0.05) is 18.5 Å². The molecule has 0 aliphatic carbocycles. The molecule has 1 unspecified atom stereocenters. The van der Waals surface area contributed by atoms with Crippen LogP contribution < -0.4 is 5.32 Å². The number of aryl methyl sites for hydroxylation is 2. The molecule has 0 fully saturated rings.